The molecule has 0 aromatic carbocycles. The number of hydrogen-bond acceptors (Lipinski definition) is 3. The van der Waals surface area contributed by atoms with Gasteiger partial charge in [-0.3, -0.25) is 0 Å². The smallest absolute Gasteiger partial charge is 0.0952 e. The molecule has 1 N–H and O–H groups in total. The van der Waals surface area contributed by atoms with Crippen LogP contribution >= 0.6 is 0 Å². The molecule has 15 heavy (non-hydrogen) atoms. The number of rotatable bonds is 5. The zero-order chi connectivity index (χ0) is 11.5. The Morgan fingerprint density at radius 2 is 2.27 bits per heavy atom. The number of nitrogens with zero attached hydrogens (tertiary/aromatic N) is 2. The maximum Gasteiger partial charge on any atom is 0.0952 e. The summed E-state index contributed by atoms with van der Waals surface area (Å²) in [7, 11) is 3.68. The monoisotopic (exact) mass is 211 g/mol. The standard InChI is InChI=1S/C11H21N3O/c1-9(7-15-5)14-8-13-6-10(14)11(2,3)12-4/h6,8-9,12H,7H2,1-5H3. The highest BCUT2D eigenvalue weighted by atomic mass is 16.5. The summed E-state index contributed by atoms with van der Waals surface area (Å²) in [6, 6.07) is 0.306. The highest BCUT2D eigenvalue weighted by molar-refractivity contribution is 5.11. The third kappa shape index (κ3) is 2.58. The molecular weight excluding hydrogens is 190 g/mol. The minimum absolute atomic E-state index is 0.0709. The second kappa shape index (κ2) is 4.77. The molecule has 0 aliphatic carbocycles. The number of aromatic nitrogens is 2. The van der Waals surface area contributed by atoms with E-state index in [-0.39, 0.29) is 5.54 Å². The minimum Gasteiger partial charge on any atom is -0.383 e. The van der Waals surface area contributed by atoms with Crippen LogP contribution in [0.2, 0.25) is 0 Å². The van der Waals surface area contributed by atoms with Gasteiger partial charge in [-0.2, -0.15) is 0 Å². The molecule has 1 heterocycles. The summed E-state index contributed by atoms with van der Waals surface area (Å²) in [5.41, 5.74) is 1.10. The van der Waals surface area contributed by atoms with Crippen molar-refractivity contribution in [2.45, 2.75) is 32.4 Å². The van der Waals surface area contributed by atoms with Gasteiger partial charge in [0.15, 0.2) is 0 Å². The average molecular weight is 211 g/mol. The lowest BCUT2D eigenvalue weighted by Gasteiger charge is -2.27. The Hall–Kier alpha value is -0.870. The number of methoxy groups -OCH3 is 1. The maximum absolute atomic E-state index is 5.16. The fourth-order valence-corrected chi connectivity index (χ4v) is 1.59. The highest BCUT2D eigenvalue weighted by Gasteiger charge is 2.23. The Morgan fingerprint density at radius 1 is 1.60 bits per heavy atom. The van der Waals surface area contributed by atoms with Crippen molar-refractivity contribution < 1.29 is 4.74 Å². The van der Waals surface area contributed by atoms with Crippen molar-refractivity contribution in [2.24, 2.45) is 0 Å². The van der Waals surface area contributed by atoms with Gasteiger partial charge in [0.1, 0.15) is 0 Å². The van der Waals surface area contributed by atoms with Crippen molar-refractivity contribution in [2.75, 3.05) is 20.8 Å². The Morgan fingerprint density at radius 3 is 2.80 bits per heavy atom. The summed E-state index contributed by atoms with van der Waals surface area (Å²) < 4.78 is 7.31. The molecule has 86 valence electrons. The molecule has 0 aliphatic rings. The van der Waals surface area contributed by atoms with E-state index in [1.54, 1.807) is 7.11 Å². The van der Waals surface area contributed by atoms with Crippen molar-refractivity contribution in [1.82, 2.24) is 14.9 Å². The molecule has 0 saturated heterocycles. The largest absolute Gasteiger partial charge is 0.383 e. The Balaban J connectivity index is 2.96. The number of imidazole rings is 1. The van der Waals surface area contributed by atoms with Gasteiger partial charge in [0.2, 0.25) is 0 Å². The summed E-state index contributed by atoms with van der Waals surface area (Å²) in [6.07, 6.45) is 3.76. The normalized spacial score (nSPS) is 14.2. The molecule has 1 aromatic heterocycles. The zero-order valence-electron chi connectivity index (χ0n) is 10.2. The molecule has 0 fully saturated rings. The highest BCUT2D eigenvalue weighted by Crippen LogP contribution is 2.22. The second-order valence-corrected chi connectivity index (χ2v) is 4.37. The van der Waals surface area contributed by atoms with Crippen LogP contribution in [0.4, 0.5) is 0 Å². The van der Waals surface area contributed by atoms with E-state index in [9.17, 15) is 0 Å². The van der Waals surface area contributed by atoms with Gasteiger partial charge in [-0.15, -0.1) is 0 Å². The first-order valence-corrected chi connectivity index (χ1v) is 5.23. The fraction of sp³-hybridized carbons (Fsp3) is 0.727. The van der Waals surface area contributed by atoms with Crippen molar-refractivity contribution >= 4 is 0 Å². The van der Waals surface area contributed by atoms with E-state index in [1.165, 1.54) is 5.69 Å². The fourth-order valence-electron chi connectivity index (χ4n) is 1.59. The SMILES string of the molecule is CNC(C)(C)c1cncn1C(C)COC. The lowest BCUT2D eigenvalue weighted by Crippen LogP contribution is -2.36. The Kier molecular flexibility index (Phi) is 3.88. The first kappa shape index (κ1) is 12.2. The van der Waals surface area contributed by atoms with Crippen molar-refractivity contribution in [3.8, 4) is 0 Å². The van der Waals surface area contributed by atoms with Crippen LogP contribution in [0.15, 0.2) is 12.5 Å². The van der Waals surface area contributed by atoms with E-state index in [1.807, 2.05) is 19.6 Å². The molecule has 1 aromatic rings. The van der Waals surface area contributed by atoms with Gasteiger partial charge >= 0.3 is 0 Å². The van der Waals surface area contributed by atoms with Crippen LogP contribution in [0.25, 0.3) is 0 Å². The summed E-state index contributed by atoms with van der Waals surface area (Å²) in [6.45, 7) is 7.10. The Labute approximate surface area is 91.7 Å². The number of ether oxygens (including phenoxy) is 1. The van der Waals surface area contributed by atoms with Crippen molar-refractivity contribution in [3.05, 3.63) is 18.2 Å². The average Bonchev–Trinajstić information content (AvgIpc) is 2.67. The number of hydrogen-bond donors (Lipinski definition) is 1. The molecule has 0 aliphatic heterocycles. The molecule has 1 unspecified atom stereocenters. The second-order valence-electron chi connectivity index (χ2n) is 4.37. The molecule has 1 atom stereocenters. The molecule has 0 spiro atoms. The van der Waals surface area contributed by atoms with Crippen LogP contribution in [0.5, 0.6) is 0 Å². The van der Waals surface area contributed by atoms with E-state index in [0.29, 0.717) is 12.6 Å². The summed E-state index contributed by atoms with van der Waals surface area (Å²) in [4.78, 5) is 4.21. The molecule has 1 rings (SSSR count). The molecule has 0 bridgehead atoms. The summed E-state index contributed by atoms with van der Waals surface area (Å²) in [5.74, 6) is 0. The summed E-state index contributed by atoms with van der Waals surface area (Å²) >= 11 is 0. The van der Waals surface area contributed by atoms with E-state index in [4.69, 9.17) is 4.74 Å². The molecule has 0 saturated carbocycles. The van der Waals surface area contributed by atoms with Crippen LogP contribution in [0.1, 0.15) is 32.5 Å². The van der Waals surface area contributed by atoms with Gasteiger partial charge < -0.3 is 14.6 Å². The van der Waals surface area contributed by atoms with E-state index in [2.05, 4.69) is 35.6 Å². The van der Waals surface area contributed by atoms with E-state index in [0.717, 1.165) is 0 Å². The molecule has 0 radical (unpaired) electrons. The third-order valence-corrected chi connectivity index (χ3v) is 2.81. The topological polar surface area (TPSA) is 39.1 Å². The lowest BCUT2D eigenvalue weighted by molar-refractivity contribution is 0.158. The third-order valence-electron chi connectivity index (χ3n) is 2.81. The van der Waals surface area contributed by atoms with Gasteiger partial charge in [0.25, 0.3) is 0 Å². The molecule has 0 amide bonds. The van der Waals surface area contributed by atoms with Crippen LogP contribution in [0, 0.1) is 0 Å². The van der Waals surface area contributed by atoms with Gasteiger partial charge in [-0.1, -0.05) is 0 Å². The number of nitrogens with one attached hydrogen (secondary N) is 1. The summed E-state index contributed by atoms with van der Waals surface area (Å²) in [5, 5.41) is 3.28. The molecule has 4 heteroatoms. The van der Waals surface area contributed by atoms with Gasteiger partial charge in [-0.05, 0) is 27.8 Å². The minimum atomic E-state index is -0.0709. The van der Waals surface area contributed by atoms with Gasteiger partial charge in [0, 0.05) is 7.11 Å². The van der Waals surface area contributed by atoms with E-state index < -0.39 is 0 Å². The predicted molar refractivity (Wildman–Crippen MR) is 60.9 cm³/mol. The van der Waals surface area contributed by atoms with Crippen molar-refractivity contribution in [1.29, 1.82) is 0 Å². The maximum atomic E-state index is 5.16. The zero-order valence-corrected chi connectivity index (χ0v) is 10.2. The quantitative estimate of drug-likeness (QED) is 0.803. The molecular formula is C11H21N3O. The van der Waals surface area contributed by atoms with Gasteiger partial charge in [-0.25, -0.2) is 4.98 Å². The van der Waals surface area contributed by atoms with E-state index >= 15 is 0 Å². The first-order valence-electron chi connectivity index (χ1n) is 5.23. The predicted octanol–water partition coefficient (Wildman–Crippen LogP) is 1.54. The van der Waals surface area contributed by atoms with Crippen LogP contribution in [0.3, 0.4) is 0 Å². The Bertz CT molecular complexity index is 307. The first-order chi connectivity index (χ1) is 7.03. The molecule has 4 nitrogen and oxygen atoms in total. The van der Waals surface area contributed by atoms with Gasteiger partial charge in [0.05, 0.1) is 36.4 Å². The lowest BCUT2D eigenvalue weighted by atomic mass is 10.0. The van der Waals surface area contributed by atoms with Crippen LogP contribution in [-0.2, 0) is 10.3 Å². The van der Waals surface area contributed by atoms with Crippen molar-refractivity contribution in [3.63, 3.8) is 0 Å². The van der Waals surface area contributed by atoms with Crippen LogP contribution < -0.4 is 5.32 Å². The van der Waals surface area contributed by atoms with Crippen LogP contribution in [-0.4, -0.2) is 30.3 Å².